The van der Waals surface area contributed by atoms with Crippen LogP contribution in [0.1, 0.15) is 37.8 Å². The summed E-state index contributed by atoms with van der Waals surface area (Å²) in [4.78, 5) is 66.1. The fourth-order valence-corrected chi connectivity index (χ4v) is 4.62. The van der Waals surface area contributed by atoms with Gasteiger partial charge in [0.2, 0.25) is 17.7 Å². The maximum absolute atomic E-state index is 13.4. The number of H-pyrrole nitrogens is 1. The second-order valence-corrected chi connectivity index (χ2v) is 10.8. The third kappa shape index (κ3) is 9.57. The number of nitrogens with one attached hydrogen (secondary N) is 4. The molecular formula is C30H37N5O8. The van der Waals surface area contributed by atoms with E-state index in [0.29, 0.717) is 17.5 Å². The number of carboxylic acid groups (broad SMARTS) is 2. The summed E-state index contributed by atoms with van der Waals surface area (Å²) in [5, 5.41) is 36.9. The monoisotopic (exact) mass is 595 g/mol. The molecule has 1 aromatic heterocycles. The van der Waals surface area contributed by atoms with E-state index in [1.54, 1.807) is 30.5 Å². The Balaban J connectivity index is 1.79. The number of carboxylic acids is 2. The number of amides is 3. The number of aromatic nitrogens is 1. The zero-order chi connectivity index (χ0) is 31.7. The topological polar surface area (TPSA) is 224 Å². The fourth-order valence-electron chi connectivity index (χ4n) is 4.62. The lowest BCUT2D eigenvalue weighted by Crippen LogP contribution is -2.58. The highest BCUT2D eigenvalue weighted by atomic mass is 16.4. The molecular weight excluding hydrogens is 558 g/mol. The van der Waals surface area contributed by atoms with Crippen molar-refractivity contribution >= 4 is 40.6 Å². The molecule has 1 heterocycles. The first-order valence-electron chi connectivity index (χ1n) is 13.8. The Labute approximate surface area is 247 Å². The maximum atomic E-state index is 13.4. The third-order valence-corrected chi connectivity index (χ3v) is 6.80. The first-order valence-corrected chi connectivity index (χ1v) is 13.8. The predicted octanol–water partition coefficient (Wildman–Crippen LogP) is 1.05. The van der Waals surface area contributed by atoms with Gasteiger partial charge in [0.25, 0.3) is 0 Å². The summed E-state index contributed by atoms with van der Waals surface area (Å²) in [6, 6.07) is 7.82. The molecule has 43 heavy (non-hydrogen) atoms. The first-order chi connectivity index (χ1) is 20.3. The number of para-hydroxylation sites is 1. The standard InChI is InChI=1S/C30H37N5O8/c1-16(2)11-21(31)27(39)33-23(12-17-7-9-19(36)10-8-17)28(40)34-24(14-26(37)38)29(41)35-25(30(42)43)13-18-15-32-22-6-4-3-5-20(18)22/h3-10,15-16,21,23-25,32,36H,11-14,31H2,1-2H3,(H,33,39)(H,34,40)(H,35,41)(H,37,38)(H,42,43). The zero-order valence-electron chi connectivity index (χ0n) is 23.9. The average Bonchev–Trinajstić information content (AvgIpc) is 3.35. The van der Waals surface area contributed by atoms with Crippen LogP contribution in [0.5, 0.6) is 5.75 Å². The van der Waals surface area contributed by atoms with E-state index in [-0.39, 0.29) is 24.5 Å². The van der Waals surface area contributed by atoms with Crippen molar-refractivity contribution in [2.24, 2.45) is 11.7 Å². The van der Waals surface area contributed by atoms with Gasteiger partial charge < -0.3 is 42.0 Å². The first kappa shape index (κ1) is 32.6. The van der Waals surface area contributed by atoms with Crippen LogP contribution in [-0.4, -0.2) is 74.1 Å². The number of benzene rings is 2. The number of hydrogen-bond acceptors (Lipinski definition) is 7. The van der Waals surface area contributed by atoms with Crippen molar-refractivity contribution in [3.05, 3.63) is 65.9 Å². The number of nitrogens with two attached hydrogens (primary N) is 1. The number of phenols is 1. The molecule has 230 valence electrons. The maximum Gasteiger partial charge on any atom is 0.326 e. The molecule has 4 atom stereocenters. The number of fused-ring (bicyclic) bond motifs is 1. The summed E-state index contributed by atoms with van der Waals surface area (Å²) in [5.41, 5.74) is 7.95. The normalized spacial score (nSPS) is 14.0. The number of aliphatic carboxylic acids is 2. The van der Waals surface area contributed by atoms with Gasteiger partial charge in [0.1, 0.15) is 23.9 Å². The summed E-state index contributed by atoms with van der Waals surface area (Å²) in [6.07, 6.45) is 0.960. The van der Waals surface area contributed by atoms with E-state index in [2.05, 4.69) is 20.9 Å². The fraction of sp³-hybridized carbons (Fsp3) is 0.367. The number of rotatable bonds is 15. The minimum absolute atomic E-state index is 0.00782. The van der Waals surface area contributed by atoms with Crippen LogP contribution in [0.2, 0.25) is 0 Å². The van der Waals surface area contributed by atoms with E-state index < -0.39 is 60.2 Å². The highest BCUT2D eigenvalue weighted by Crippen LogP contribution is 2.19. The van der Waals surface area contributed by atoms with Crippen molar-refractivity contribution in [2.45, 2.75) is 63.7 Å². The molecule has 0 saturated heterocycles. The van der Waals surface area contributed by atoms with Gasteiger partial charge in [-0.2, -0.15) is 0 Å². The molecule has 4 unspecified atom stereocenters. The summed E-state index contributed by atoms with van der Waals surface area (Å²) < 4.78 is 0. The van der Waals surface area contributed by atoms with E-state index in [9.17, 15) is 39.3 Å². The van der Waals surface area contributed by atoms with Crippen molar-refractivity contribution in [1.29, 1.82) is 0 Å². The zero-order valence-corrected chi connectivity index (χ0v) is 23.9. The number of carbonyl (C=O) groups is 5. The van der Waals surface area contributed by atoms with E-state index in [0.717, 1.165) is 10.9 Å². The molecule has 3 rings (SSSR count). The molecule has 0 aliphatic heterocycles. The highest BCUT2D eigenvalue weighted by Gasteiger charge is 2.32. The Hall–Kier alpha value is -4.91. The lowest BCUT2D eigenvalue weighted by atomic mass is 10.0. The molecule has 2 aromatic carbocycles. The van der Waals surface area contributed by atoms with Gasteiger partial charge >= 0.3 is 11.9 Å². The Kier molecular flexibility index (Phi) is 11.2. The summed E-state index contributed by atoms with van der Waals surface area (Å²) in [5.74, 6) is -5.18. The Morgan fingerprint density at radius 3 is 2.05 bits per heavy atom. The largest absolute Gasteiger partial charge is 0.508 e. The van der Waals surface area contributed by atoms with Gasteiger partial charge in [0, 0.05) is 29.9 Å². The van der Waals surface area contributed by atoms with Gasteiger partial charge in [0.05, 0.1) is 12.5 Å². The molecule has 0 radical (unpaired) electrons. The van der Waals surface area contributed by atoms with Gasteiger partial charge in [-0.3, -0.25) is 19.2 Å². The summed E-state index contributed by atoms with van der Waals surface area (Å²) >= 11 is 0. The van der Waals surface area contributed by atoms with E-state index in [1.807, 2.05) is 26.0 Å². The second kappa shape index (κ2) is 14.8. The van der Waals surface area contributed by atoms with Crippen LogP contribution in [0.15, 0.2) is 54.7 Å². The van der Waals surface area contributed by atoms with Crippen LogP contribution in [-0.2, 0) is 36.8 Å². The quantitative estimate of drug-likeness (QED) is 0.125. The second-order valence-electron chi connectivity index (χ2n) is 10.8. The summed E-state index contributed by atoms with van der Waals surface area (Å²) in [6.45, 7) is 3.76. The molecule has 0 aliphatic rings. The molecule has 13 nitrogen and oxygen atoms in total. The van der Waals surface area contributed by atoms with E-state index in [1.165, 1.54) is 12.1 Å². The van der Waals surface area contributed by atoms with Crippen LogP contribution in [0.25, 0.3) is 10.9 Å². The Morgan fingerprint density at radius 1 is 0.814 bits per heavy atom. The molecule has 0 aliphatic carbocycles. The lowest BCUT2D eigenvalue weighted by Gasteiger charge is -2.25. The van der Waals surface area contributed by atoms with Crippen molar-refractivity contribution in [1.82, 2.24) is 20.9 Å². The van der Waals surface area contributed by atoms with Crippen molar-refractivity contribution < 1.29 is 39.3 Å². The van der Waals surface area contributed by atoms with Crippen molar-refractivity contribution in [3.8, 4) is 5.75 Å². The van der Waals surface area contributed by atoms with Gasteiger partial charge in [-0.25, -0.2) is 4.79 Å². The van der Waals surface area contributed by atoms with Gasteiger partial charge in [-0.05, 0) is 41.7 Å². The number of aromatic amines is 1. The minimum atomic E-state index is -1.65. The lowest BCUT2D eigenvalue weighted by molar-refractivity contribution is -0.143. The van der Waals surface area contributed by atoms with Crippen LogP contribution >= 0.6 is 0 Å². The SMILES string of the molecule is CC(C)CC(N)C(=O)NC(Cc1ccc(O)cc1)C(=O)NC(CC(=O)O)C(=O)NC(Cc1c[nH]c2ccccc12)C(=O)O. The molecule has 13 heteroatoms. The van der Waals surface area contributed by atoms with Crippen LogP contribution in [0.3, 0.4) is 0 Å². The highest BCUT2D eigenvalue weighted by molar-refractivity contribution is 5.96. The van der Waals surface area contributed by atoms with Gasteiger partial charge in [-0.1, -0.05) is 44.2 Å². The molecule has 0 fully saturated rings. The smallest absolute Gasteiger partial charge is 0.326 e. The molecule has 3 aromatic rings. The number of carbonyl (C=O) groups excluding carboxylic acids is 3. The predicted molar refractivity (Wildman–Crippen MR) is 157 cm³/mol. The van der Waals surface area contributed by atoms with Crippen molar-refractivity contribution in [3.63, 3.8) is 0 Å². The summed E-state index contributed by atoms with van der Waals surface area (Å²) in [7, 11) is 0. The molecule has 9 N–H and O–H groups in total. The van der Waals surface area contributed by atoms with Crippen LogP contribution in [0, 0.1) is 5.92 Å². The molecule has 0 saturated carbocycles. The van der Waals surface area contributed by atoms with Crippen LogP contribution < -0.4 is 21.7 Å². The van der Waals surface area contributed by atoms with Gasteiger partial charge in [0.15, 0.2) is 0 Å². The minimum Gasteiger partial charge on any atom is -0.508 e. The molecule has 0 bridgehead atoms. The van der Waals surface area contributed by atoms with E-state index in [4.69, 9.17) is 5.73 Å². The van der Waals surface area contributed by atoms with Gasteiger partial charge in [-0.15, -0.1) is 0 Å². The van der Waals surface area contributed by atoms with E-state index >= 15 is 0 Å². The van der Waals surface area contributed by atoms with Crippen molar-refractivity contribution in [2.75, 3.05) is 0 Å². The Morgan fingerprint density at radius 2 is 1.42 bits per heavy atom. The number of phenolic OH excluding ortho intramolecular Hbond substituents is 1. The molecule has 3 amide bonds. The molecule has 0 spiro atoms. The average molecular weight is 596 g/mol. The number of aromatic hydroxyl groups is 1. The third-order valence-electron chi connectivity index (χ3n) is 6.80. The Bertz CT molecular complexity index is 1450. The number of hydrogen-bond donors (Lipinski definition) is 8. The van der Waals surface area contributed by atoms with Crippen LogP contribution in [0.4, 0.5) is 0 Å².